The molecule has 0 spiro atoms. The summed E-state index contributed by atoms with van der Waals surface area (Å²) in [4.78, 5) is 38.1. The van der Waals surface area contributed by atoms with Gasteiger partial charge in [-0.2, -0.15) is 0 Å². The lowest BCUT2D eigenvalue weighted by Crippen LogP contribution is -2.50. The van der Waals surface area contributed by atoms with Crippen molar-refractivity contribution in [1.29, 1.82) is 0 Å². The summed E-state index contributed by atoms with van der Waals surface area (Å²) in [5.74, 6) is -0.783. The Morgan fingerprint density at radius 3 is 2.71 bits per heavy atom. The average molecular weight is 465 g/mol. The van der Waals surface area contributed by atoms with Crippen LogP contribution in [0.3, 0.4) is 0 Å². The fourth-order valence-electron chi connectivity index (χ4n) is 2.76. The van der Waals surface area contributed by atoms with E-state index in [0.717, 1.165) is 0 Å². The SMILES string of the molecule is O=C(NC(=S)NNC(=O)C1CC(=O)N(Cc2ccco2)C1)c1ccccc1Br. The number of furan rings is 1. The highest BCUT2D eigenvalue weighted by Gasteiger charge is 2.34. The summed E-state index contributed by atoms with van der Waals surface area (Å²) in [7, 11) is 0. The highest BCUT2D eigenvalue weighted by Crippen LogP contribution is 2.20. The summed E-state index contributed by atoms with van der Waals surface area (Å²) in [6.07, 6.45) is 1.64. The Morgan fingerprint density at radius 2 is 2.00 bits per heavy atom. The largest absolute Gasteiger partial charge is 0.467 e. The van der Waals surface area contributed by atoms with Gasteiger partial charge < -0.3 is 9.32 Å². The number of rotatable bonds is 4. The summed E-state index contributed by atoms with van der Waals surface area (Å²) < 4.78 is 5.86. The zero-order valence-corrected chi connectivity index (χ0v) is 17.0. The van der Waals surface area contributed by atoms with Gasteiger partial charge in [-0.15, -0.1) is 0 Å². The fraction of sp³-hybridized carbons (Fsp3) is 0.222. The first-order chi connectivity index (χ1) is 13.4. The molecule has 1 atom stereocenters. The molecule has 2 aromatic rings. The molecule has 0 radical (unpaired) electrons. The van der Waals surface area contributed by atoms with Gasteiger partial charge >= 0.3 is 0 Å². The number of amides is 3. The number of hydrazine groups is 1. The molecule has 1 aliphatic heterocycles. The lowest BCUT2D eigenvalue weighted by Gasteiger charge is -2.16. The van der Waals surface area contributed by atoms with E-state index in [2.05, 4.69) is 32.1 Å². The van der Waals surface area contributed by atoms with Crippen molar-refractivity contribution < 1.29 is 18.8 Å². The Morgan fingerprint density at radius 1 is 1.21 bits per heavy atom. The smallest absolute Gasteiger partial charge is 0.258 e. The van der Waals surface area contributed by atoms with Crippen molar-refractivity contribution in [2.24, 2.45) is 5.92 Å². The van der Waals surface area contributed by atoms with Crippen molar-refractivity contribution in [3.8, 4) is 0 Å². The molecule has 3 amide bonds. The van der Waals surface area contributed by atoms with Gasteiger partial charge in [-0.05, 0) is 52.4 Å². The summed E-state index contributed by atoms with van der Waals surface area (Å²) in [5.41, 5.74) is 5.34. The number of hydrogen-bond donors (Lipinski definition) is 3. The molecule has 0 aliphatic carbocycles. The standard InChI is InChI=1S/C18H17BrN4O4S/c19-14-6-2-1-5-13(14)17(26)20-18(28)22-21-16(25)11-8-15(24)23(9-11)10-12-4-3-7-27-12/h1-7,11H,8-10H2,(H,21,25)(H2,20,22,26,28). The predicted molar refractivity (Wildman–Crippen MR) is 108 cm³/mol. The van der Waals surface area contributed by atoms with Crippen LogP contribution in [-0.2, 0) is 16.1 Å². The Balaban J connectivity index is 1.46. The molecule has 1 aliphatic rings. The van der Waals surface area contributed by atoms with Crippen LogP contribution in [0.5, 0.6) is 0 Å². The van der Waals surface area contributed by atoms with Gasteiger partial charge in [0.15, 0.2) is 5.11 Å². The quantitative estimate of drug-likeness (QED) is 0.470. The lowest BCUT2D eigenvalue weighted by atomic mass is 10.1. The fourth-order valence-corrected chi connectivity index (χ4v) is 3.37. The Hall–Kier alpha value is -2.72. The molecule has 1 unspecified atom stereocenters. The number of halogens is 1. The maximum absolute atomic E-state index is 12.3. The number of carbonyl (C=O) groups is 3. The summed E-state index contributed by atoms with van der Waals surface area (Å²) in [6.45, 7) is 0.604. The van der Waals surface area contributed by atoms with E-state index in [9.17, 15) is 14.4 Å². The first kappa shape index (κ1) is 20.0. The van der Waals surface area contributed by atoms with Crippen molar-refractivity contribution in [3.63, 3.8) is 0 Å². The van der Waals surface area contributed by atoms with Crippen LogP contribution in [0, 0.1) is 5.92 Å². The second kappa shape index (κ2) is 8.98. The van der Waals surface area contributed by atoms with Gasteiger partial charge in [-0.1, -0.05) is 12.1 Å². The number of nitrogens with zero attached hydrogens (tertiary/aromatic N) is 1. The van der Waals surface area contributed by atoms with E-state index < -0.39 is 11.8 Å². The van der Waals surface area contributed by atoms with Crippen LogP contribution < -0.4 is 16.2 Å². The zero-order valence-electron chi connectivity index (χ0n) is 14.6. The second-order valence-electron chi connectivity index (χ2n) is 6.13. The topological polar surface area (TPSA) is 104 Å². The average Bonchev–Trinajstić information content (AvgIpc) is 3.30. The molecule has 8 nitrogen and oxygen atoms in total. The normalized spacial score (nSPS) is 16.0. The maximum Gasteiger partial charge on any atom is 0.258 e. The third-order valence-corrected chi connectivity index (χ3v) is 5.05. The molecule has 1 aromatic heterocycles. The van der Waals surface area contributed by atoms with Gasteiger partial charge in [-0.25, -0.2) is 0 Å². The van der Waals surface area contributed by atoms with Crippen LogP contribution in [-0.4, -0.2) is 34.3 Å². The van der Waals surface area contributed by atoms with Gasteiger partial charge in [0.1, 0.15) is 5.76 Å². The van der Waals surface area contributed by atoms with Gasteiger partial charge in [0.05, 0.1) is 24.3 Å². The lowest BCUT2D eigenvalue weighted by molar-refractivity contribution is -0.129. The summed E-state index contributed by atoms with van der Waals surface area (Å²) in [6, 6.07) is 10.4. The van der Waals surface area contributed by atoms with Crippen molar-refractivity contribution in [2.45, 2.75) is 13.0 Å². The van der Waals surface area contributed by atoms with Crippen molar-refractivity contribution in [2.75, 3.05) is 6.54 Å². The van der Waals surface area contributed by atoms with Crippen molar-refractivity contribution in [3.05, 3.63) is 58.5 Å². The number of benzene rings is 1. The van der Waals surface area contributed by atoms with E-state index in [1.54, 1.807) is 41.3 Å². The maximum atomic E-state index is 12.3. The number of carbonyl (C=O) groups excluding carboxylic acids is 3. The van der Waals surface area contributed by atoms with E-state index in [4.69, 9.17) is 16.6 Å². The minimum Gasteiger partial charge on any atom is -0.467 e. The minimum absolute atomic E-state index is 0.0501. The van der Waals surface area contributed by atoms with Gasteiger partial charge in [0, 0.05) is 17.4 Å². The molecule has 0 saturated carbocycles. The molecule has 1 saturated heterocycles. The minimum atomic E-state index is -0.517. The Labute approximate surface area is 174 Å². The van der Waals surface area contributed by atoms with Crippen LogP contribution >= 0.6 is 28.1 Å². The summed E-state index contributed by atoms with van der Waals surface area (Å²) >= 11 is 8.32. The molecule has 0 bridgehead atoms. The van der Waals surface area contributed by atoms with Crippen LogP contribution in [0.2, 0.25) is 0 Å². The molecule has 3 N–H and O–H groups in total. The van der Waals surface area contributed by atoms with Gasteiger partial charge in [-0.3, -0.25) is 30.6 Å². The van der Waals surface area contributed by atoms with E-state index in [-0.39, 0.29) is 29.9 Å². The first-order valence-corrected chi connectivity index (χ1v) is 9.60. The number of hydrogen-bond acceptors (Lipinski definition) is 5. The predicted octanol–water partition coefficient (Wildman–Crippen LogP) is 1.73. The zero-order chi connectivity index (χ0) is 20.1. The third-order valence-electron chi connectivity index (χ3n) is 4.16. The van der Waals surface area contributed by atoms with E-state index >= 15 is 0 Å². The Bertz CT molecular complexity index is 903. The number of likely N-dealkylation sites (tertiary alicyclic amines) is 1. The van der Waals surface area contributed by atoms with Crippen molar-refractivity contribution in [1.82, 2.24) is 21.1 Å². The van der Waals surface area contributed by atoms with Crippen LogP contribution in [0.25, 0.3) is 0 Å². The van der Waals surface area contributed by atoms with E-state index in [1.165, 1.54) is 6.26 Å². The second-order valence-corrected chi connectivity index (χ2v) is 7.39. The summed E-state index contributed by atoms with van der Waals surface area (Å²) in [5, 5.41) is 2.43. The third kappa shape index (κ3) is 4.96. The highest BCUT2D eigenvalue weighted by molar-refractivity contribution is 9.10. The van der Waals surface area contributed by atoms with E-state index in [1.807, 2.05) is 0 Å². The molecule has 28 heavy (non-hydrogen) atoms. The molecule has 1 aromatic carbocycles. The molecular weight excluding hydrogens is 448 g/mol. The number of thiocarbonyl (C=S) groups is 1. The van der Waals surface area contributed by atoms with Gasteiger partial charge in [0.25, 0.3) is 5.91 Å². The number of nitrogens with one attached hydrogen (secondary N) is 3. The molecule has 2 heterocycles. The van der Waals surface area contributed by atoms with E-state index in [0.29, 0.717) is 22.3 Å². The molecule has 146 valence electrons. The molecule has 10 heteroatoms. The Kier molecular flexibility index (Phi) is 6.42. The van der Waals surface area contributed by atoms with Crippen LogP contribution in [0.15, 0.2) is 51.6 Å². The van der Waals surface area contributed by atoms with Crippen molar-refractivity contribution >= 4 is 51.0 Å². The first-order valence-electron chi connectivity index (χ1n) is 8.40. The molecular formula is C18H17BrN4O4S. The molecule has 1 fully saturated rings. The molecule has 3 rings (SSSR count). The van der Waals surface area contributed by atoms with Gasteiger partial charge in [0.2, 0.25) is 11.8 Å². The van der Waals surface area contributed by atoms with Crippen LogP contribution in [0.1, 0.15) is 22.5 Å². The highest BCUT2D eigenvalue weighted by atomic mass is 79.9. The van der Waals surface area contributed by atoms with Crippen LogP contribution in [0.4, 0.5) is 0 Å². The monoisotopic (exact) mass is 464 g/mol.